The number of rotatable bonds is 10. The smallest absolute Gasteiger partial charge is 0.242 e. The number of carbonyl (C=O) groups is 2. The first kappa shape index (κ1) is 25.7. The molecule has 0 aliphatic rings. The van der Waals surface area contributed by atoms with Crippen molar-refractivity contribution in [3.8, 4) is 0 Å². The quantitative estimate of drug-likeness (QED) is 0.423. The van der Waals surface area contributed by atoms with E-state index in [2.05, 4.69) is 21.2 Å². The van der Waals surface area contributed by atoms with Crippen molar-refractivity contribution in [1.29, 1.82) is 0 Å². The molecule has 0 radical (unpaired) electrons. The van der Waals surface area contributed by atoms with Crippen molar-refractivity contribution in [2.24, 2.45) is 0 Å². The lowest BCUT2D eigenvalue weighted by atomic mass is 10.1. The Morgan fingerprint density at radius 3 is 2.48 bits per heavy atom. The molecular weight excluding hydrogens is 503 g/mol. The van der Waals surface area contributed by atoms with E-state index < -0.39 is 6.04 Å². The molecule has 2 aromatic rings. The minimum atomic E-state index is -0.636. The van der Waals surface area contributed by atoms with Crippen LogP contribution in [0.2, 0.25) is 5.02 Å². The van der Waals surface area contributed by atoms with Crippen molar-refractivity contribution in [2.75, 3.05) is 5.75 Å². The van der Waals surface area contributed by atoms with Gasteiger partial charge < -0.3 is 10.2 Å². The van der Waals surface area contributed by atoms with Crippen LogP contribution in [0.3, 0.4) is 0 Å². The van der Waals surface area contributed by atoms with Gasteiger partial charge in [0.15, 0.2) is 0 Å². The first-order valence-electron chi connectivity index (χ1n) is 10.1. The highest BCUT2D eigenvalue weighted by atomic mass is 79.9. The van der Waals surface area contributed by atoms with E-state index in [0.29, 0.717) is 17.1 Å². The Morgan fingerprint density at radius 1 is 1.19 bits per heavy atom. The van der Waals surface area contributed by atoms with Crippen LogP contribution < -0.4 is 5.32 Å². The highest BCUT2D eigenvalue weighted by molar-refractivity contribution is 9.10. The van der Waals surface area contributed by atoms with Crippen LogP contribution in [0, 0.1) is 5.82 Å². The van der Waals surface area contributed by atoms with Gasteiger partial charge in [0.1, 0.15) is 11.9 Å². The van der Waals surface area contributed by atoms with Gasteiger partial charge in [-0.3, -0.25) is 9.59 Å². The van der Waals surface area contributed by atoms with Crippen LogP contribution in [0.15, 0.2) is 46.9 Å². The van der Waals surface area contributed by atoms with Gasteiger partial charge >= 0.3 is 0 Å². The molecule has 1 N–H and O–H groups in total. The Bertz CT molecular complexity index is 877. The van der Waals surface area contributed by atoms with Gasteiger partial charge in [-0.25, -0.2) is 4.39 Å². The maximum Gasteiger partial charge on any atom is 0.242 e. The number of hydrogen-bond acceptors (Lipinski definition) is 3. The SMILES string of the molecule is CCC(C)NC(=O)C(C)N(Cc1ccc(Br)cc1)C(=O)CSCc1c(F)cccc1Cl. The summed E-state index contributed by atoms with van der Waals surface area (Å²) in [5.74, 6) is -0.381. The first-order chi connectivity index (χ1) is 14.7. The van der Waals surface area contributed by atoms with Crippen molar-refractivity contribution in [3.05, 3.63) is 68.9 Å². The molecule has 0 saturated carbocycles. The summed E-state index contributed by atoms with van der Waals surface area (Å²) in [6.07, 6.45) is 0.804. The van der Waals surface area contributed by atoms with Crippen molar-refractivity contribution in [2.45, 2.75) is 51.6 Å². The van der Waals surface area contributed by atoms with Gasteiger partial charge in [0.25, 0.3) is 0 Å². The Kier molecular flexibility index (Phi) is 10.3. The number of thioether (sulfide) groups is 1. The lowest BCUT2D eigenvalue weighted by Gasteiger charge is -2.29. The van der Waals surface area contributed by atoms with Crippen molar-refractivity contribution in [3.63, 3.8) is 0 Å². The molecular formula is C23H27BrClFN2O2S. The van der Waals surface area contributed by atoms with Gasteiger partial charge in [0.2, 0.25) is 11.8 Å². The van der Waals surface area contributed by atoms with Gasteiger partial charge in [-0.1, -0.05) is 52.7 Å². The molecule has 2 amide bonds. The fraction of sp³-hybridized carbons (Fsp3) is 0.391. The standard InChI is InChI=1S/C23H27BrClFN2O2S/c1-4-15(2)27-23(30)16(3)28(12-17-8-10-18(24)11-9-17)22(29)14-31-13-19-20(25)6-5-7-21(19)26/h5-11,15-16H,4,12-14H2,1-3H3,(H,27,30). The lowest BCUT2D eigenvalue weighted by Crippen LogP contribution is -2.50. The average Bonchev–Trinajstić information content (AvgIpc) is 2.74. The predicted octanol–water partition coefficient (Wildman–Crippen LogP) is 5.81. The molecule has 0 fully saturated rings. The third-order valence-corrected chi connectivity index (χ3v) is 6.79. The van der Waals surface area contributed by atoms with Gasteiger partial charge in [-0.05, 0) is 50.1 Å². The first-order valence-corrected chi connectivity index (χ1v) is 12.4. The molecule has 8 heteroatoms. The van der Waals surface area contributed by atoms with Gasteiger partial charge in [-0.2, -0.15) is 0 Å². The summed E-state index contributed by atoms with van der Waals surface area (Å²) in [6.45, 7) is 5.96. The number of nitrogens with zero attached hydrogens (tertiary/aromatic N) is 1. The predicted molar refractivity (Wildman–Crippen MR) is 130 cm³/mol. The maximum atomic E-state index is 14.0. The highest BCUT2D eigenvalue weighted by Crippen LogP contribution is 2.24. The topological polar surface area (TPSA) is 49.4 Å². The van der Waals surface area contributed by atoms with Crippen LogP contribution >= 0.6 is 39.3 Å². The minimum Gasteiger partial charge on any atom is -0.352 e. The van der Waals surface area contributed by atoms with E-state index in [1.807, 2.05) is 38.1 Å². The van der Waals surface area contributed by atoms with Gasteiger partial charge in [0.05, 0.1) is 5.75 Å². The molecule has 0 aromatic heterocycles. The zero-order chi connectivity index (χ0) is 23.0. The molecule has 2 unspecified atom stereocenters. The largest absolute Gasteiger partial charge is 0.352 e. The van der Waals surface area contributed by atoms with Crippen molar-refractivity contribution >= 4 is 51.1 Å². The molecule has 2 atom stereocenters. The lowest BCUT2D eigenvalue weighted by molar-refractivity contribution is -0.138. The van der Waals surface area contributed by atoms with Crippen molar-refractivity contribution in [1.82, 2.24) is 10.2 Å². The molecule has 2 aromatic carbocycles. The molecule has 2 rings (SSSR count). The summed E-state index contributed by atoms with van der Waals surface area (Å²) in [6, 6.07) is 11.5. The highest BCUT2D eigenvalue weighted by Gasteiger charge is 2.26. The summed E-state index contributed by atoms with van der Waals surface area (Å²) in [7, 11) is 0. The molecule has 31 heavy (non-hydrogen) atoms. The number of halogens is 3. The second-order valence-electron chi connectivity index (χ2n) is 7.33. The molecule has 0 aliphatic carbocycles. The maximum absolute atomic E-state index is 14.0. The number of nitrogens with one attached hydrogen (secondary N) is 1. The summed E-state index contributed by atoms with van der Waals surface area (Å²) < 4.78 is 14.9. The Labute approximate surface area is 201 Å². The Hall–Kier alpha value is -1.57. The molecule has 0 aliphatic heterocycles. The zero-order valence-corrected chi connectivity index (χ0v) is 21.0. The number of benzene rings is 2. The van der Waals surface area contributed by atoms with E-state index in [1.54, 1.807) is 24.0 Å². The van der Waals surface area contributed by atoms with Crippen LogP contribution in [0.4, 0.5) is 4.39 Å². The molecule has 0 heterocycles. The number of amides is 2. The Morgan fingerprint density at radius 2 is 1.87 bits per heavy atom. The molecule has 168 valence electrons. The fourth-order valence-electron chi connectivity index (χ4n) is 2.83. The van der Waals surface area contributed by atoms with Gasteiger partial charge in [-0.15, -0.1) is 11.8 Å². The van der Waals surface area contributed by atoms with E-state index >= 15 is 0 Å². The molecule has 0 saturated heterocycles. The Balaban J connectivity index is 2.11. The van der Waals surface area contributed by atoms with E-state index in [9.17, 15) is 14.0 Å². The van der Waals surface area contributed by atoms with Crippen molar-refractivity contribution < 1.29 is 14.0 Å². The van der Waals surface area contributed by atoms with E-state index in [0.717, 1.165) is 16.5 Å². The van der Waals surface area contributed by atoms with Crippen LogP contribution in [0.5, 0.6) is 0 Å². The summed E-state index contributed by atoms with van der Waals surface area (Å²) in [5.41, 5.74) is 1.30. The van der Waals surface area contributed by atoms with Crippen LogP contribution in [0.1, 0.15) is 38.3 Å². The number of hydrogen-bond donors (Lipinski definition) is 1. The van der Waals surface area contributed by atoms with Crippen LogP contribution in [-0.2, 0) is 21.9 Å². The third kappa shape index (κ3) is 7.81. The number of carbonyl (C=O) groups excluding carboxylic acids is 2. The van der Waals surface area contributed by atoms with E-state index in [4.69, 9.17) is 11.6 Å². The molecule has 4 nitrogen and oxygen atoms in total. The summed E-state index contributed by atoms with van der Waals surface area (Å²) >= 11 is 10.8. The fourth-order valence-corrected chi connectivity index (χ4v) is 4.34. The van der Waals surface area contributed by atoms with Crippen LogP contribution in [0.25, 0.3) is 0 Å². The second kappa shape index (κ2) is 12.5. The van der Waals surface area contributed by atoms with Gasteiger partial charge in [0, 0.05) is 33.4 Å². The second-order valence-corrected chi connectivity index (χ2v) is 9.64. The molecule has 0 spiro atoms. The van der Waals surface area contributed by atoms with Crippen LogP contribution in [-0.4, -0.2) is 34.6 Å². The van der Waals surface area contributed by atoms with E-state index in [1.165, 1.54) is 17.8 Å². The monoisotopic (exact) mass is 528 g/mol. The minimum absolute atomic E-state index is 0.0251. The normalized spacial score (nSPS) is 12.8. The summed E-state index contributed by atoms with van der Waals surface area (Å²) in [4.78, 5) is 27.3. The van der Waals surface area contributed by atoms with E-state index in [-0.39, 0.29) is 35.2 Å². The average molecular weight is 530 g/mol. The summed E-state index contributed by atoms with van der Waals surface area (Å²) in [5, 5.41) is 3.28. The third-order valence-electron chi connectivity index (χ3n) is 4.97. The molecule has 0 bridgehead atoms. The zero-order valence-electron chi connectivity index (χ0n) is 17.8.